The molecule has 2 aromatic rings. The van der Waals surface area contributed by atoms with Crippen LogP contribution in [0.5, 0.6) is 5.75 Å². The van der Waals surface area contributed by atoms with E-state index in [-0.39, 0.29) is 37.0 Å². The molecule has 1 aromatic heterocycles. The summed E-state index contributed by atoms with van der Waals surface area (Å²) in [6, 6.07) is 9.33. The third-order valence-electron chi connectivity index (χ3n) is 4.00. The molecule has 0 aliphatic carbocycles. The van der Waals surface area contributed by atoms with Crippen molar-refractivity contribution in [2.75, 3.05) is 19.8 Å². The van der Waals surface area contributed by atoms with Gasteiger partial charge >= 0.3 is 0 Å². The smallest absolute Gasteiger partial charge is 0.256 e. The molecule has 7 nitrogen and oxygen atoms in total. The highest BCUT2D eigenvalue weighted by Crippen LogP contribution is 2.18. The van der Waals surface area contributed by atoms with Crippen LogP contribution in [0.3, 0.4) is 0 Å². The molecule has 7 heteroatoms. The number of ether oxygens (including phenoxy) is 1. The molecule has 0 fully saturated rings. The number of carbonyl (C=O) groups excluding carboxylic acids is 2. The molecule has 0 aliphatic heterocycles. The average Bonchev–Trinajstić information content (AvgIpc) is 2.70. The first-order chi connectivity index (χ1) is 12.7. The maximum absolute atomic E-state index is 12.8. The van der Waals surface area contributed by atoms with Gasteiger partial charge < -0.3 is 19.8 Å². The van der Waals surface area contributed by atoms with Crippen LogP contribution in [0.1, 0.15) is 33.3 Å². The van der Waals surface area contributed by atoms with Crippen molar-refractivity contribution in [2.45, 2.75) is 19.6 Å². The summed E-state index contributed by atoms with van der Waals surface area (Å²) in [5.41, 5.74) is 0.955. The first-order valence-corrected chi connectivity index (χ1v) is 8.29. The number of aliphatic hydroxyl groups is 2. The Bertz CT molecular complexity index is 750. The zero-order chi connectivity index (χ0) is 18.9. The molecule has 2 rings (SSSR count). The quantitative estimate of drug-likeness (QED) is 0.655. The van der Waals surface area contributed by atoms with Gasteiger partial charge in [0, 0.05) is 12.7 Å². The number of hydrogen-bond acceptors (Lipinski definition) is 6. The average molecular weight is 358 g/mol. The van der Waals surface area contributed by atoms with Gasteiger partial charge in [-0.2, -0.15) is 0 Å². The monoisotopic (exact) mass is 358 g/mol. The van der Waals surface area contributed by atoms with Gasteiger partial charge in [0.2, 0.25) is 0 Å². The van der Waals surface area contributed by atoms with Crippen molar-refractivity contribution in [1.82, 2.24) is 9.88 Å². The van der Waals surface area contributed by atoms with E-state index in [1.54, 1.807) is 43.3 Å². The Labute approximate surface area is 151 Å². The zero-order valence-corrected chi connectivity index (χ0v) is 14.5. The minimum Gasteiger partial charge on any atom is -0.491 e. The summed E-state index contributed by atoms with van der Waals surface area (Å²) >= 11 is 0. The molecule has 0 bridgehead atoms. The number of carbonyl (C=O) groups is 2. The fourth-order valence-electron chi connectivity index (χ4n) is 2.62. The maximum Gasteiger partial charge on any atom is 0.256 e. The largest absolute Gasteiger partial charge is 0.491 e. The molecule has 1 amide bonds. The molecule has 0 spiro atoms. The van der Waals surface area contributed by atoms with Gasteiger partial charge in [0.15, 0.2) is 6.29 Å². The van der Waals surface area contributed by atoms with Crippen molar-refractivity contribution >= 4 is 12.2 Å². The number of amides is 1. The van der Waals surface area contributed by atoms with Crippen molar-refractivity contribution in [3.8, 4) is 5.75 Å². The van der Waals surface area contributed by atoms with Gasteiger partial charge in [-0.1, -0.05) is 12.1 Å². The minimum absolute atomic E-state index is 0.0235. The Morgan fingerprint density at radius 1 is 1.27 bits per heavy atom. The summed E-state index contributed by atoms with van der Waals surface area (Å²) < 4.78 is 5.66. The first kappa shape index (κ1) is 19.6. The minimum atomic E-state index is -0.612. The SMILES string of the molecule is CCN(C(=O)c1cccnc1CO)[C@@H](CO)COc1ccccc1C=O. The van der Waals surface area contributed by atoms with Gasteiger partial charge in [0.25, 0.3) is 5.91 Å². The third-order valence-corrected chi connectivity index (χ3v) is 4.00. The van der Waals surface area contributed by atoms with Crippen molar-refractivity contribution in [3.05, 3.63) is 59.4 Å². The number of aliphatic hydroxyl groups excluding tert-OH is 2. The number of rotatable bonds is 9. The van der Waals surface area contributed by atoms with E-state index in [2.05, 4.69) is 4.98 Å². The highest BCUT2D eigenvalue weighted by Gasteiger charge is 2.25. The fourth-order valence-corrected chi connectivity index (χ4v) is 2.62. The van der Waals surface area contributed by atoms with Crippen LogP contribution in [0.15, 0.2) is 42.6 Å². The van der Waals surface area contributed by atoms with E-state index in [0.29, 0.717) is 24.1 Å². The molecule has 26 heavy (non-hydrogen) atoms. The predicted molar refractivity (Wildman–Crippen MR) is 95.1 cm³/mol. The second-order valence-corrected chi connectivity index (χ2v) is 5.55. The van der Waals surface area contributed by atoms with Gasteiger partial charge in [-0.3, -0.25) is 14.6 Å². The van der Waals surface area contributed by atoms with Crippen molar-refractivity contribution < 1.29 is 24.5 Å². The molecule has 138 valence electrons. The molecular weight excluding hydrogens is 336 g/mol. The second kappa shape index (κ2) is 9.65. The second-order valence-electron chi connectivity index (χ2n) is 5.55. The molecule has 1 aromatic carbocycles. The lowest BCUT2D eigenvalue weighted by Crippen LogP contribution is -2.46. The summed E-state index contributed by atoms with van der Waals surface area (Å²) in [6.45, 7) is 1.48. The van der Waals surface area contributed by atoms with Crippen molar-refractivity contribution in [2.24, 2.45) is 0 Å². The number of pyridine rings is 1. The van der Waals surface area contributed by atoms with E-state index in [9.17, 15) is 19.8 Å². The van der Waals surface area contributed by atoms with E-state index in [1.807, 2.05) is 0 Å². The Balaban J connectivity index is 2.17. The summed E-state index contributed by atoms with van der Waals surface area (Å²) in [6.07, 6.45) is 2.19. The molecule has 2 N–H and O–H groups in total. The lowest BCUT2D eigenvalue weighted by Gasteiger charge is -2.30. The summed E-state index contributed by atoms with van der Waals surface area (Å²) in [4.78, 5) is 29.4. The Hall–Kier alpha value is -2.77. The normalized spacial score (nSPS) is 11.7. The van der Waals surface area contributed by atoms with Gasteiger partial charge in [-0.15, -0.1) is 0 Å². The lowest BCUT2D eigenvalue weighted by molar-refractivity contribution is 0.0504. The number of aldehydes is 1. The van der Waals surface area contributed by atoms with Crippen LogP contribution in [0, 0.1) is 0 Å². The van der Waals surface area contributed by atoms with E-state index in [4.69, 9.17) is 4.74 Å². The first-order valence-electron chi connectivity index (χ1n) is 8.29. The van der Waals surface area contributed by atoms with Crippen LogP contribution in [0.2, 0.25) is 0 Å². The van der Waals surface area contributed by atoms with E-state index in [0.717, 1.165) is 0 Å². The summed E-state index contributed by atoms with van der Waals surface area (Å²) in [5, 5.41) is 19.1. The molecule has 0 saturated carbocycles. The van der Waals surface area contributed by atoms with Crippen LogP contribution in [0.4, 0.5) is 0 Å². The highest BCUT2D eigenvalue weighted by molar-refractivity contribution is 5.95. The molecular formula is C19H22N2O5. The topological polar surface area (TPSA) is 100.0 Å². The predicted octanol–water partition coefficient (Wildman–Crippen LogP) is 1.29. The van der Waals surface area contributed by atoms with Gasteiger partial charge in [0.1, 0.15) is 12.4 Å². The molecule has 1 atom stereocenters. The number of hydrogen-bond donors (Lipinski definition) is 2. The molecule has 0 unspecified atom stereocenters. The standard InChI is InChI=1S/C19H22N2O5/c1-2-21(19(25)16-7-5-9-20-17(16)12-24)15(11-23)13-26-18-8-4-3-6-14(18)10-22/h3-10,15,23-24H,2,11-13H2,1H3/t15-/m0/s1. The zero-order valence-electron chi connectivity index (χ0n) is 14.5. The van der Waals surface area contributed by atoms with E-state index < -0.39 is 6.04 Å². The Morgan fingerprint density at radius 3 is 2.69 bits per heavy atom. The van der Waals surface area contributed by atoms with E-state index in [1.165, 1.54) is 11.1 Å². The van der Waals surface area contributed by atoms with Crippen LogP contribution in [-0.4, -0.2) is 58.1 Å². The highest BCUT2D eigenvalue weighted by atomic mass is 16.5. The van der Waals surface area contributed by atoms with Crippen LogP contribution in [0.25, 0.3) is 0 Å². The number of nitrogens with zero attached hydrogens (tertiary/aromatic N) is 2. The molecule has 0 saturated heterocycles. The summed E-state index contributed by atoms with van der Waals surface area (Å²) in [5.74, 6) is 0.0397. The third kappa shape index (κ3) is 4.44. The molecule has 0 radical (unpaired) electrons. The number of benzene rings is 1. The van der Waals surface area contributed by atoms with Crippen molar-refractivity contribution in [3.63, 3.8) is 0 Å². The fraction of sp³-hybridized carbons (Fsp3) is 0.316. The van der Waals surface area contributed by atoms with Crippen LogP contribution in [-0.2, 0) is 6.61 Å². The number of para-hydroxylation sites is 1. The van der Waals surface area contributed by atoms with Crippen LogP contribution >= 0.6 is 0 Å². The van der Waals surface area contributed by atoms with Gasteiger partial charge in [0.05, 0.1) is 36.1 Å². The summed E-state index contributed by atoms with van der Waals surface area (Å²) in [7, 11) is 0. The Morgan fingerprint density at radius 2 is 2.04 bits per heavy atom. The van der Waals surface area contributed by atoms with Crippen molar-refractivity contribution in [1.29, 1.82) is 0 Å². The van der Waals surface area contributed by atoms with Crippen LogP contribution < -0.4 is 4.74 Å². The Kier molecular flexibility index (Phi) is 7.25. The molecule has 0 aliphatic rings. The maximum atomic E-state index is 12.8. The van der Waals surface area contributed by atoms with E-state index >= 15 is 0 Å². The van der Waals surface area contributed by atoms with Gasteiger partial charge in [-0.05, 0) is 31.2 Å². The lowest BCUT2D eigenvalue weighted by atomic mass is 10.1. The number of aromatic nitrogens is 1. The molecule has 1 heterocycles. The number of likely N-dealkylation sites (N-methyl/N-ethyl adjacent to an activating group) is 1. The van der Waals surface area contributed by atoms with Gasteiger partial charge in [-0.25, -0.2) is 0 Å².